The molecule has 0 aliphatic carbocycles. The lowest BCUT2D eigenvalue weighted by Gasteiger charge is -2.10. The molecule has 0 heterocycles. The highest BCUT2D eigenvalue weighted by Gasteiger charge is 2.19. The second-order valence-corrected chi connectivity index (χ2v) is 5.89. The first-order valence-electron chi connectivity index (χ1n) is 5.57. The van der Waals surface area contributed by atoms with Gasteiger partial charge in [0, 0.05) is 12.1 Å². The van der Waals surface area contributed by atoms with Gasteiger partial charge in [-0.15, -0.1) is 0 Å². The first-order valence-corrected chi connectivity index (χ1v) is 7.05. The molecule has 2 rings (SSSR count). The largest absolute Gasteiger partial charge is 0.508 e. The second kappa shape index (κ2) is 5.09. The van der Waals surface area contributed by atoms with Gasteiger partial charge in [0.1, 0.15) is 11.4 Å². The molecule has 106 valence electrons. The number of hydrogen-bond acceptors (Lipinski definition) is 3. The van der Waals surface area contributed by atoms with Crippen molar-refractivity contribution in [2.75, 3.05) is 4.72 Å². The molecule has 2 aromatic carbocycles. The zero-order chi connectivity index (χ0) is 14.9. The first kappa shape index (κ1) is 14.3. The van der Waals surface area contributed by atoms with Crippen LogP contribution in [0.4, 0.5) is 14.5 Å². The zero-order valence-electron chi connectivity index (χ0n) is 10.4. The third-order valence-electron chi connectivity index (χ3n) is 2.59. The molecule has 0 saturated heterocycles. The topological polar surface area (TPSA) is 66.4 Å². The Morgan fingerprint density at radius 2 is 1.55 bits per heavy atom. The summed E-state index contributed by atoms with van der Waals surface area (Å²) in [5, 5.41) is 9.01. The number of phenols is 1. The van der Waals surface area contributed by atoms with E-state index in [4.69, 9.17) is 5.11 Å². The number of anilines is 1. The van der Waals surface area contributed by atoms with E-state index in [2.05, 4.69) is 0 Å². The molecule has 0 unspecified atom stereocenters. The van der Waals surface area contributed by atoms with E-state index in [0.717, 1.165) is 5.56 Å². The molecule has 0 saturated carbocycles. The van der Waals surface area contributed by atoms with Crippen LogP contribution in [0.1, 0.15) is 5.56 Å². The van der Waals surface area contributed by atoms with Crippen LogP contribution in [0.2, 0.25) is 0 Å². The summed E-state index contributed by atoms with van der Waals surface area (Å²) in [6.45, 7) is 1.78. The Morgan fingerprint density at radius 3 is 2.05 bits per heavy atom. The second-order valence-electron chi connectivity index (χ2n) is 4.20. The van der Waals surface area contributed by atoms with Gasteiger partial charge in [-0.2, -0.15) is 0 Å². The molecule has 0 bridgehead atoms. The van der Waals surface area contributed by atoms with Gasteiger partial charge in [0.15, 0.2) is 11.6 Å². The molecule has 4 nitrogen and oxygen atoms in total. The molecule has 7 heteroatoms. The fourth-order valence-electron chi connectivity index (χ4n) is 1.57. The van der Waals surface area contributed by atoms with Crippen LogP contribution in [-0.2, 0) is 10.0 Å². The molecule has 2 aromatic rings. The van der Waals surface area contributed by atoms with Crippen molar-refractivity contribution < 1.29 is 22.3 Å². The van der Waals surface area contributed by atoms with Crippen molar-refractivity contribution in [2.45, 2.75) is 11.8 Å². The van der Waals surface area contributed by atoms with Gasteiger partial charge in [0.25, 0.3) is 10.0 Å². The summed E-state index contributed by atoms with van der Waals surface area (Å²) in [7, 11) is -4.10. The molecular formula is C13H11F2NO3S. The van der Waals surface area contributed by atoms with E-state index < -0.39 is 33.1 Å². The zero-order valence-corrected chi connectivity index (χ0v) is 11.2. The predicted molar refractivity (Wildman–Crippen MR) is 70.0 cm³/mol. The molecule has 0 aliphatic heterocycles. The summed E-state index contributed by atoms with van der Waals surface area (Å²) < 4.78 is 52.8. The number of hydrogen-bond donors (Lipinski definition) is 2. The Hall–Kier alpha value is -2.15. The molecule has 0 amide bonds. The molecule has 0 spiro atoms. The van der Waals surface area contributed by atoms with Crippen molar-refractivity contribution in [2.24, 2.45) is 0 Å². The standard InChI is InChI=1S/C13H11F2NO3S/c1-8-2-4-10(5-3-8)20(18,19)16-13-11(14)6-9(17)7-12(13)15/h2-7,16-17H,1H3. The van der Waals surface area contributed by atoms with Crippen LogP contribution < -0.4 is 4.72 Å². The highest BCUT2D eigenvalue weighted by molar-refractivity contribution is 7.92. The Morgan fingerprint density at radius 1 is 1.05 bits per heavy atom. The predicted octanol–water partition coefficient (Wildman–Crippen LogP) is 2.78. The number of benzene rings is 2. The number of rotatable bonds is 3. The minimum absolute atomic E-state index is 0.116. The molecule has 0 aliphatic rings. The molecule has 0 atom stereocenters. The lowest BCUT2D eigenvalue weighted by atomic mass is 10.2. The Labute approximate surface area is 114 Å². The van der Waals surface area contributed by atoms with Gasteiger partial charge in [-0.25, -0.2) is 17.2 Å². The van der Waals surface area contributed by atoms with Gasteiger partial charge in [0.05, 0.1) is 4.90 Å². The van der Waals surface area contributed by atoms with Crippen molar-refractivity contribution >= 4 is 15.7 Å². The van der Waals surface area contributed by atoms with Crippen molar-refractivity contribution in [1.82, 2.24) is 0 Å². The molecule has 20 heavy (non-hydrogen) atoms. The Balaban J connectivity index is 2.41. The summed E-state index contributed by atoms with van der Waals surface area (Å²) in [5.74, 6) is -3.02. The van der Waals surface area contributed by atoms with E-state index in [1.807, 2.05) is 4.72 Å². The molecule has 0 aromatic heterocycles. The van der Waals surface area contributed by atoms with E-state index in [-0.39, 0.29) is 4.90 Å². The number of aryl methyl sites for hydroxylation is 1. The summed E-state index contributed by atoms with van der Waals surface area (Å²) in [6.07, 6.45) is 0. The molecule has 2 N–H and O–H groups in total. The average Bonchev–Trinajstić information content (AvgIpc) is 2.34. The molecule has 0 fully saturated rings. The SMILES string of the molecule is Cc1ccc(S(=O)(=O)Nc2c(F)cc(O)cc2F)cc1. The Bertz CT molecular complexity index is 720. The van der Waals surface area contributed by atoms with Crippen LogP contribution in [0.25, 0.3) is 0 Å². The minimum atomic E-state index is -4.10. The van der Waals surface area contributed by atoms with Crippen LogP contribution in [0.5, 0.6) is 5.75 Å². The average molecular weight is 299 g/mol. The fraction of sp³-hybridized carbons (Fsp3) is 0.0769. The van der Waals surface area contributed by atoms with Gasteiger partial charge in [-0.3, -0.25) is 4.72 Å². The van der Waals surface area contributed by atoms with E-state index in [1.54, 1.807) is 19.1 Å². The fourth-order valence-corrected chi connectivity index (χ4v) is 2.64. The van der Waals surface area contributed by atoms with Crippen LogP contribution in [0, 0.1) is 18.6 Å². The van der Waals surface area contributed by atoms with E-state index in [0.29, 0.717) is 12.1 Å². The number of phenolic OH excluding ortho intramolecular Hbond substituents is 1. The summed E-state index contributed by atoms with van der Waals surface area (Å²) >= 11 is 0. The molecular weight excluding hydrogens is 288 g/mol. The number of aromatic hydroxyl groups is 1. The Kier molecular flexibility index (Phi) is 3.63. The van der Waals surface area contributed by atoms with Crippen LogP contribution in [0.3, 0.4) is 0 Å². The van der Waals surface area contributed by atoms with Crippen molar-refractivity contribution in [1.29, 1.82) is 0 Å². The van der Waals surface area contributed by atoms with E-state index in [1.165, 1.54) is 12.1 Å². The van der Waals surface area contributed by atoms with Crippen molar-refractivity contribution in [3.8, 4) is 5.75 Å². The van der Waals surface area contributed by atoms with Crippen LogP contribution in [0.15, 0.2) is 41.3 Å². The third-order valence-corrected chi connectivity index (χ3v) is 3.96. The van der Waals surface area contributed by atoms with Gasteiger partial charge < -0.3 is 5.11 Å². The van der Waals surface area contributed by atoms with Gasteiger partial charge in [0.2, 0.25) is 0 Å². The summed E-state index contributed by atoms with van der Waals surface area (Å²) in [4.78, 5) is -0.116. The summed E-state index contributed by atoms with van der Waals surface area (Å²) in [5.41, 5.74) is 0.0225. The van der Waals surface area contributed by atoms with Gasteiger partial charge in [-0.05, 0) is 19.1 Å². The molecule has 0 radical (unpaired) electrons. The highest BCUT2D eigenvalue weighted by atomic mass is 32.2. The lowest BCUT2D eigenvalue weighted by Crippen LogP contribution is -2.15. The number of halogens is 2. The van der Waals surface area contributed by atoms with Crippen molar-refractivity contribution in [3.63, 3.8) is 0 Å². The number of sulfonamides is 1. The maximum Gasteiger partial charge on any atom is 0.262 e. The van der Waals surface area contributed by atoms with Gasteiger partial charge in [-0.1, -0.05) is 17.7 Å². The maximum atomic E-state index is 13.5. The smallest absolute Gasteiger partial charge is 0.262 e. The maximum absolute atomic E-state index is 13.5. The quantitative estimate of drug-likeness (QED) is 0.856. The third kappa shape index (κ3) is 2.88. The lowest BCUT2D eigenvalue weighted by molar-refractivity contribution is 0.461. The first-order chi connectivity index (χ1) is 9.29. The van der Waals surface area contributed by atoms with E-state index >= 15 is 0 Å². The van der Waals surface area contributed by atoms with Crippen molar-refractivity contribution in [3.05, 3.63) is 53.6 Å². The normalized spacial score (nSPS) is 11.3. The van der Waals surface area contributed by atoms with Crippen LogP contribution >= 0.6 is 0 Å². The monoisotopic (exact) mass is 299 g/mol. The highest BCUT2D eigenvalue weighted by Crippen LogP contribution is 2.26. The van der Waals surface area contributed by atoms with Gasteiger partial charge >= 0.3 is 0 Å². The minimum Gasteiger partial charge on any atom is -0.508 e. The van der Waals surface area contributed by atoms with E-state index in [9.17, 15) is 17.2 Å². The van der Waals surface area contributed by atoms with Crippen LogP contribution in [-0.4, -0.2) is 13.5 Å². The summed E-state index contributed by atoms with van der Waals surface area (Å²) in [6, 6.07) is 7.03. The number of nitrogens with one attached hydrogen (secondary N) is 1.